The second-order valence-electron chi connectivity index (χ2n) is 4.52. The van der Waals surface area contributed by atoms with Crippen molar-refractivity contribution in [1.82, 2.24) is 4.98 Å². The third kappa shape index (κ3) is 4.45. The summed E-state index contributed by atoms with van der Waals surface area (Å²) in [6.07, 6.45) is 2.77. The van der Waals surface area contributed by atoms with Gasteiger partial charge in [-0.15, -0.1) is 0 Å². The van der Waals surface area contributed by atoms with Crippen molar-refractivity contribution in [1.29, 1.82) is 0 Å². The number of hydrogen-bond donors (Lipinski definition) is 1. The normalized spacial score (nSPS) is 10.1. The van der Waals surface area contributed by atoms with Crippen molar-refractivity contribution in [2.75, 3.05) is 11.9 Å². The van der Waals surface area contributed by atoms with Gasteiger partial charge >= 0.3 is 0 Å². The molecule has 0 atom stereocenters. The summed E-state index contributed by atoms with van der Waals surface area (Å²) in [7, 11) is 0. The van der Waals surface area contributed by atoms with Gasteiger partial charge in [0.15, 0.2) is 0 Å². The summed E-state index contributed by atoms with van der Waals surface area (Å²) < 4.78 is 5.54. The van der Waals surface area contributed by atoms with Crippen LogP contribution in [-0.4, -0.2) is 16.5 Å². The van der Waals surface area contributed by atoms with Crippen LogP contribution in [0.25, 0.3) is 0 Å². The molecule has 1 heterocycles. The summed E-state index contributed by atoms with van der Waals surface area (Å²) in [4.78, 5) is 14.5. The van der Waals surface area contributed by atoms with Gasteiger partial charge in [-0.3, -0.25) is 10.1 Å². The van der Waals surface area contributed by atoms with Gasteiger partial charge < -0.3 is 10.1 Å². The number of nitro benzene ring substituents is 1. The number of ether oxygens (including phenoxy) is 1. The predicted molar refractivity (Wildman–Crippen MR) is 80.4 cm³/mol. The zero-order chi connectivity index (χ0) is 15.1. The Balaban J connectivity index is 1.93. The molecule has 2 aromatic rings. The van der Waals surface area contributed by atoms with Crippen LogP contribution in [0.1, 0.15) is 18.9 Å². The quantitative estimate of drug-likeness (QED) is 0.624. The molecule has 0 saturated heterocycles. The van der Waals surface area contributed by atoms with E-state index in [1.165, 1.54) is 12.1 Å². The Morgan fingerprint density at radius 1 is 1.33 bits per heavy atom. The molecule has 1 aromatic heterocycles. The van der Waals surface area contributed by atoms with Crippen molar-refractivity contribution in [2.45, 2.75) is 20.0 Å². The van der Waals surface area contributed by atoms with Gasteiger partial charge in [0.25, 0.3) is 5.69 Å². The van der Waals surface area contributed by atoms with Crippen LogP contribution in [0, 0.1) is 10.1 Å². The van der Waals surface area contributed by atoms with E-state index < -0.39 is 4.92 Å². The van der Waals surface area contributed by atoms with Gasteiger partial charge in [0.2, 0.25) is 0 Å². The fourth-order valence-electron chi connectivity index (χ4n) is 1.72. The van der Waals surface area contributed by atoms with Gasteiger partial charge in [0, 0.05) is 24.4 Å². The molecule has 0 aliphatic carbocycles. The standard InChI is InChI=1S/C15H17N3O3/c1-2-8-16-15-7-6-12(10-17-15)11-21-14-5-3-4-13(9-14)18(19)20/h3-7,9-10H,2,8,11H2,1H3,(H,16,17). The molecule has 110 valence electrons. The van der Waals surface area contributed by atoms with Crippen molar-refractivity contribution in [3.63, 3.8) is 0 Å². The minimum absolute atomic E-state index is 0.0183. The number of aromatic nitrogens is 1. The highest BCUT2D eigenvalue weighted by molar-refractivity contribution is 5.38. The SMILES string of the molecule is CCCNc1ccc(COc2cccc([N+](=O)[O-])c2)cn1. The lowest BCUT2D eigenvalue weighted by atomic mass is 10.3. The highest BCUT2D eigenvalue weighted by atomic mass is 16.6. The maximum absolute atomic E-state index is 10.7. The van der Waals surface area contributed by atoms with E-state index in [9.17, 15) is 10.1 Å². The van der Waals surface area contributed by atoms with E-state index in [1.54, 1.807) is 18.3 Å². The molecule has 21 heavy (non-hydrogen) atoms. The van der Waals surface area contributed by atoms with E-state index in [1.807, 2.05) is 12.1 Å². The molecule has 0 radical (unpaired) electrons. The minimum Gasteiger partial charge on any atom is -0.489 e. The summed E-state index contributed by atoms with van der Waals surface area (Å²) in [6.45, 7) is 3.30. The van der Waals surface area contributed by atoms with Gasteiger partial charge in [0.1, 0.15) is 18.2 Å². The Hall–Kier alpha value is -2.63. The van der Waals surface area contributed by atoms with Gasteiger partial charge in [-0.1, -0.05) is 19.1 Å². The molecule has 1 N–H and O–H groups in total. The first-order valence-electron chi connectivity index (χ1n) is 6.75. The highest BCUT2D eigenvalue weighted by Gasteiger charge is 2.06. The van der Waals surface area contributed by atoms with Crippen LogP contribution >= 0.6 is 0 Å². The van der Waals surface area contributed by atoms with Crippen LogP contribution in [0.4, 0.5) is 11.5 Å². The first-order chi connectivity index (χ1) is 10.2. The van der Waals surface area contributed by atoms with Crippen molar-refractivity contribution < 1.29 is 9.66 Å². The second kappa shape index (κ2) is 7.23. The van der Waals surface area contributed by atoms with Crippen LogP contribution in [0.3, 0.4) is 0 Å². The Morgan fingerprint density at radius 2 is 2.19 bits per heavy atom. The lowest BCUT2D eigenvalue weighted by Crippen LogP contribution is -2.02. The number of anilines is 1. The summed E-state index contributed by atoms with van der Waals surface area (Å²) in [6, 6.07) is 9.94. The van der Waals surface area contributed by atoms with Gasteiger partial charge in [-0.25, -0.2) is 4.98 Å². The molecule has 0 unspecified atom stereocenters. The molecule has 1 aromatic carbocycles. The number of nitro groups is 1. The maximum Gasteiger partial charge on any atom is 0.273 e. The number of pyridine rings is 1. The number of hydrogen-bond acceptors (Lipinski definition) is 5. The van der Waals surface area contributed by atoms with E-state index in [0.29, 0.717) is 12.4 Å². The third-order valence-electron chi connectivity index (χ3n) is 2.81. The first-order valence-corrected chi connectivity index (χ1v) is 6.75. The van der Waals surface area contributed by atoms with Crippen molar-refractivity contribution in [3.05, 3.63) is 58.3 Å². The van der Waals surface area contributed by atoms with Gasteiger partial charge in [-0.2, -0.15) is 0 Å². The number of nitrogens with zero attached hydrogens (tertiary/aromatic N) is 2. The second-order valence-corrected chi connectivity index (χ2v) is 4.52. The molecule has 0 saturated carbocycles. The summed E-state index contributed by atoms with van der Waals surface area (Å²) >= 11 is 0. The zero-order valence-corrected chi connectivity index (χ0v) is 11.8. The number of nitrogens with one attached hydrogen (secondary N) is 1. The lowest BCUT2D eigenvalue weighted by Gasteiger charge is -2.07. The number of non-ortho nitro benzene ring substituents is 1. The fraction of sp³-hybridized carbons (Fsp3) is 0.267. The van der Waals surface area contributed by atoms with Crippen LogP contribution < -0.4 is 10.1 Å². The minimum atomic E-state index is -0.442. The Labute approximate surface area is 122 Å². The van der Waals surface area contributed by atoms with Crippen LogP contribution in [0.15, 0.2) is 42.6 Å². The lowest BCUT2D eigenvalue weighted by molar-refractivity contribution is -0.384. The largest absolute Gasteiger partial charge is 0.489 e. The molecular formula is C15H17N3O3. The topological polar surface area (TPSA) is 77.3 Å². The average molecular weight is 287 g/mol. The maximum atomic E-state index is 10.7. The van der Waals surface area contributed by atoms with Crippen LogP contribution in [0.5, 0.6) is 5.75 Å². The molecule has 0 bridgehead atoms. The Morgan fingerprint density at radius 3 is 2.86 bits per heavy atom. The smallest absolute Gasteiger partial charge is 0.273 e. The zero-order valence-electron chi connectivity index (χ0n) is 11.8. The summed E-state index contributed by atoms with van der Waals surface area (Å²) in [5.41, 5.74) is 0.924. The van der Waals surface area contributed by atoms with E-state index >= 15 is 0 Å². The van der Waals surface area contributed by atoms with Crippen molar-refractivity contribution >= 4 is 11.5 Å². The van der Waals surface area contributed by atoms with Crippen molar-refractivity contribution in [2.24, 2.45) is 0 Å². The molecule has 0 amide bonds. The average Bonchev–Trinajstić information content (AvgIpc) is 2.52. The molecule has 6 nitrogen and oxygen atoms in total. The molecule has 2 rings (SSSR count). The molecule has 6 heteroatoms. The van der Waals surface area contributed by atoms with Gasteiger partial charge in [0.05, 0.1) is 11.0 Å². The first kappa shape index (κ1) is 14.8. The third-order valence-corrected chi connectivity index (χ3v) is 2.81. The van der Waals surface area contributed by atoms with E-state index in [-0.39, 0.29) is 5.69 Å². The monoisotopic (exact) mass is 287 g/mol. The molecular weight excluding hydrogens is 270 g/mol. The van der Waals surface area contributed by atoms with Crippen molar-refractivity contribution in [3.8, 4) is 5.75 Å². The molecule has 0 aliphatic heterocycles. The molecule has 0 aliphatic rings. The highest BCUT2D eigenvalue weighted by Crippen LogP contribution is 2.20. The van der Waals surface area contributed by atoms with E-state index in [2.05, 4.69) is 17.2 Å². The summed E-state index contributed by atoms with van der Waals surface area (Å²) in [5.74, 6) is 1.30. The fourth-order valence-corrected chi connectivity index (χ4v) is 1.72. The Kier molecular flexibility index (Phi) is 5.09. The Bertz CT molecular complexity index is 599. The number of benzene rings is 1. The predicted octanol–water partition coefficient (Wildman–Crippen LogP) is 3.39. The summed E-state index contributed by atoms with van der Waals surface area (Å²) in [5, 5.41) is 13.9. The van der Waals surface area contributed by atoms with E-state index in [4.69, 9.17) is 4.74 Å². The van der Waals surface area contributed by atoms with Crippen LogP contribution in [0.2, 0.25) is 0 Å². The van der Waals surface area contributed by atoms with Gasteiger partial charge in [-0.05, 0) is 18.6 Å². The molecule has 0 fully saturated rings. The van der Waals surface area contributed by atoms with E-state index in [0.717, 1.165) is 24.3 Å². The number of rotatable bonds is 7. The molecule has 0 spiro atoms. The van der Waals surface area contributed by atoms with Crippen LogP contribution in [-0.2, 0) is 6.61 Å².